The number of ether oxygens (including phenoxy) is 1. The summed E-state index contributed by atoms with van der Waals surface area (Å²) in [4.78, 5) is 2.71. The van der Waals surface area contributed by atoms with E-state index in [4.69, 9.17) is 4.74 Å². The Morgan fingerprint density at radius 1 is 1.32 bits per heavy atom. The zero-order valence-corrected chi connectivity index (χ0v) is 14.3. The van der Waals surface area contributed by atoms with E-state index in [2.05, 4.69) is 4.90 Å². The monoisotopic (exact) mass is 324 g/mol. The minimum absolute atomic E-state index is 0.258. The highest BCUT2D eigenvalue weighted by atomic mass is 32.2. The first kappa shape index (κ1) is 15.8. The van der Waals surface area contributed by atoms with Crippen molar-refractivity contribution in [2.75, 3.05) is 27.2 Å². The molecule has 2 unspecified atom stereocenters. The largest absolute Gasteiger partial charge is 0.490 e. The van der Waals surface area contributed by atoms with Crippen molar-refractivity contribution in [3.05, 3.63) is 23.8 Å². The second-order valence-corrected chi connectivity index (χ2v) is 8.60. The van der Waals surface area contributed by atoms with Crippen LogP contribution in [0.2, 0.25) is 0 Å². The fraction of sp³-hybridized carbons (Fsp3) is 0.625. The normalized spacial score (nSPS) is 25.1. The topological polar surface area (TPSA) is 49.6 Å². The van der Waals surface area contributed by atoms with Gasteiger partial charge in [0.05, 0.1) is 6.04 Å². The molecule has 0 amide bonds. The average molecular weight is 324 g/mol. The molecule has 1 aliphatic carbocycles. The first-order valence-corrected chi connectivity index (χ1v) is 9.25. The van der Waals surface area contributed by atoms with Gasteiger partial charge in [-0.05, 0) is 37.5 Å². The third-order valence-corrected chi connectivity index (χ3v) is 6.43. The van der Waals surface area contributed by atoms with Crippen LogP contribution in [0.15, 0.2) is 23.1 Å². The molecule has 1 aliphatic heterocycles. The standard InChI is InChI=1S/C16H24N2O3S/c1-12-7-8-15(16(9-12)22(19,20)17(2)3)21-11-14-10-18(14)13-5-4-6-13/h7-9,13-14H,4-6,10-11H2,1-3H3. The predicted octanol–water partition coefficient (Wildman–Crippen LogP) is 1.86. The first-order valence-electron chi connectivity index (χ1n) is 7.81. The molecule has 0 radical (unpaired) electrons. The molecule has 1 saturated carbocycles. The number of hydrogen-bond donors (Lipinski definition) is 0. The zero-order chi connectivity index (χ0) is 15.9. The Morgan fingerprint density at radius 3 is 2.64 bits per heavy atom. The summed E-state index contributed by atoms with van der Waals surface area (Å²) in [5, 5.41) is 0. The minimum Gasteiger partial charge on any atom is -0.490 e. The molecule has 1 heterocycles. The Balaban J connectivity index is 1.71. The lowest BCUT2D eigenvalue weighted by Crippen LogP contribution is -2.29. The van der Waals surface area contributed by atoms with E-state index in [0.29, 0.717) is 18.4 Å². The van der Waals surface area contributed by atoms with E-state index in [0.717, 1.165) is 18.2 Å². The van der Waals surface area contributed by atoms with Crippen LogP contribution >= 0.6 is 0 Å². The Morgan fingerprint density at radius 2 is 2.05 bits per heavy atom. The molecule has 122 valence electrons. The lowest BCUT2D eigenvalue weighted by molar-refractivity contribution is 0.213. The molecule has 1 aromatic rings. The molecule has 22 heavy (non-hydrogen) atoms. The first-order chi connectivity index (χ1) is 10.4. The Kier molecular flexibility index (Phi) is 4.18. The maximum atomic E-state index is 12.4. The fourth-order valence-corrected chi connectivity index (χ4v) is 3.94. The van der Waals surface area contributed by atoms with Crippen molar-refractivity contribution in [3.8, 4) is 5.75 Å². The molecular formula is C16H24N2O3S. The van der Waals surface area contributed by atoms with Gasteiger partial charge in [0.25, 0.3) is 0 Å². The number of hydrogen-bond acceptors (Lipinski definition) is 4. The summed E-state index contributed by atoms with van der Waals surface area (Å²) in [7, 11) is -0.402. The van der Waals surface area contributed by atoms with Crippen molar-refractivity contribution in [1.82, 2.24) is 9.21 Å². The Bertz CT molecular complexity index is 653. The molecule has 2 fully saturated rings. The fourth-order valence-electron chi connectivity index (χ4n) is 2.83. The van der Waals surface area contributed by atoms with Crippen LogP contribution in [0, 0.1) is 6.92 Å². The second kappa shape index (κ2) is 5.83. The molecule has 6 heteroatoms. The van der Waals surface area contributed by atoms with Crippen LogP contribution in [0.25, 0.3) is 0 Å². The van der Waals surface area contributed by atoms with E-state index >= 15 is 0 Å². The van der Waals surface area contributed by atoms with Crippen LogP contribution in [0.1, 0.15) is 24.8 Å². The third-order valence-electron chi connectivity index (χ3n) is 4.59. The van der Waals surface area contributed by atoms with E-state index in [9.17, 15) is 8.42 Å². The van der Waals surface area contributed by atoms with Crippen molar-refractivity contribution in [2.45, 2.75) is 43.2 Å². The van der Waals surface area contributed by atoms with Gasteiger partial charge in [-0.3, -0.25) is 4.90 Å². The lowest BCUT2D eigenvalue weighted by atomic mass is 9.93. The maximum Gasteiger partial charge on any atom is 0.246 e. The lowest BCUT2D eigenvalue weighted by Gasteiger charge is -2.27. The van der Waals surface area contributed by atoms with Crippen molar-refractivity contribution in [2.24, 2.45) is 0 Å². The van der Waals surface area contributed by atoms with Crippen LogP contribution in [0.3, 0.4) is 0 Å². The van der Waals surface area contributed by atoms with Crippen LogP contribution in [-0.4, -0.2) is 57.0 Å². The predicted molar refractivity (Wildman–Crippen MR) is 85.7 cm³/mol. The van der Waals surface area contributed by atoms with Gasteiger partial charge in [0.15, 0.2) is 0 Å². The molecule has 1 saturated heterocycles. The van der Waals surface area contributed by atoms with E-state index in [1.807, 2.05) is 13.0 Å². The maximum absolute atomic E-state index is 12.4. The van der Waals surface area contributed by atoms with Gasteiger partial charge in [-0.25, -0.2) is 12.7 Å². The van der Waals surface area contributed by atoms with Gasteiger partial charge in [0.2, 0.25) is 10.0 Å². The highest BCUT2D eigenvalue weighted by Crippen LogP contribution is 2.34. The van der Waals surface area contributed by atoms with Gasteiger partial charge in [-0.2, -0.15) is 0 Å². The highest BCUT2D eigenvalue weighted by molar-refractivity contribution is 7.89. The van der Waals surface area contributed by atoms with Crippen molar-refractivity contribution in [3.63, 3.8) is 0 Å². The molecule has 0 aromatic heterocycles. The molecular weight excluding hydrogens is 300 g/mol. The molecule has 2 aliphatic rings. The summed E-state index contributed by atoms with van der Waals surface area (Å²) in [6.45, 7) is 3.53. The summed E-state index contributed by atoms with van der Waals surface area (Å²) >= 11 is 0. The van der Waals surface area contributed by atoms with Gasteiger partial charge in [0.1, 0.15) is 17.3 Å². The quantitative estimate of drug-likeness (QED) is 0.750. The molecule has 0 spiro atoms. The van der Waals surface area contributed by atoms with Crippen LogP contribution in [0.4, 0.5) is 0 Å². The number of benzene rings is 1. The van der Waals surface area contributed by atoms with Crippen LogP contribution < -0.4 is 4.74 Å². The molecule has 2 atom stereocenters. The average Bonchev–Trinajstić information content (AvgIpc) is 3.14. The SMILES string of the molecule is Cc1ccc(OCC2CN2C2CCC2)c(S(=O)(=O)N(C)C)c1. The van der Waals surface area contributed by atoms with Crippen molar-refractivity contribution >= 4 is 10.0 Å². The van der Waals surface area contributed by atoms with E-state index in [-0.39, 0.29) is 4.90 Å². The van der Waals surface area contributed by atoms with Gasteiger partial charge in [-0.1, -0.05) is 12.5 Å². The van der Waals surface area contributed by atoms with Crippen molar-refractivity contribution in [1.29, 1.82) is 0 Å². The van der Waals surface area contributed by atoms with Gasteiger partial charge < -0.3 is 4.74 Å². The van der Waals surface area contributed by atoms with E-state index in [1.54, 1.807) is 26.2 Å². The molecule has 1 aromatic carbocycles. The summed E-state index contributed by atoms with van der Waals surface area (Å²) < 4.78 is 31.9. The Hall–Kier alpha value is -1.11. The molecule has 0 bridgehead atoms. The number of nitrogens with zero attached hydrogens (tertiary/aromatic N) is 2. The number of sulfonamides is 1. The minimum atomic E-state index is -3.49. The Labute approximate surface area is 132 Å². The van der Waals surface area contributed by atoms with Crippen LogP contribution in [-0.2, 0) is 10.0 Å². The van der Waals surface area contributed by atoms with E-state index < -0.39 is 10.0 Å². The van der Waals surface area contributed by atoms with Gasteiger partial charge in [-0.15, -0.1) is 0 Å². The van der Waals surface area contributed by atoms with Crippen LogP contribution in [0.5, 0.6) is 5.75 Å². The van der Waals surface area contributed by atoms with Crippen molar-refractivity contribution < 1.29 is 13.2 Å². The summed E-state index contributed by atoms with van der Waals surface area (Å²) in [6.07, 6.45) is 3.92. The number of rotatable bonds is 6. The van der Waals surface area contributed by atoms with E-state index in [1.165, 1.54) is 23.6 Å². The summed E-state index contributed by atoms with van der Waals surface area (Å²) in [6, 6.07) is 6.52. The van der Waals surface area contributed by atoms with Gasteiger partial charge >= 0.3 is 0 Å². The summed E-state index contributed by atoms with van der Waals surface area (Å²) in [5.41, 5.74) is 0.912. The highest BCUT2D eigenvalue weighted by Gasteiger charge is 2.42. The second-order valence-electron chi connectivity index (χ2n) is 6.48. The summed E-state index contributed by atoms with van der Waals surface area (Å²) in [5.74, 6) is 0.458. The zero-order valence-electron chi connectivity index (χ0n) is 13.4. The van der Waals surface area contributed by atoms with Gasteiger partial charge in [0, 0.05) is 26.7 Å². The third kappa shape index (κ3) is 3.00. The smallest absolute Gasteiger partial charge is 0.246 e. The number of aryl methyl sites for hydroxylation is 1. The molecule has 0 N–H and O–H groups in total. The molecule has 5 nitrogen and oxygen atoms in total. The molecule has 3 rings (SSSR count).